The van der Waals surface area contributed by atoms with Gasteiger partial charge in [-0.2, -0.15) is 4.31 Å². The van der Waals surface area contributed by atoms with Crippen LogP contribution >= 0.6 is 0 Å². The largest absolute Gasteiger partial charge is 0.482 e. The van der Waals surface area contributed by atoms with Gasteiger partial charge in [-0.3, -0.25) is 9.59 Å². The van der Waals surface area contributed by atoms with Gasteiger partial charge in [0.15, 0.2) is 6.61 Å². The molecule has 0 bridgehead atoms. The maximum absolute atomic E-state index is 12.3. The van der Waals surface area contributed by atoms with E-state index < -0.39 is 22.5 Å². The van der Waals surface area contributed by atoms with Gasteiger partial charge in [0, 0.05) is 7.05 Å². The molecule has 0 radical (unpaired) electrons. The molecule has 0 fully saturated rings. The van der Waals surface area contributed by atoms with Crippen LogP contribution in [0.15, 0.2) is 23.1 Å². The van der Waals surface area contributed by atoms with Gasteiger partial charge in [0.05, 0.1) is 17.7 Å². The molecule has 0 spiro atoms. The number of hydrogen-bond donors (Lipinski definition) is 1. The summed E-state index contributed by atoms with van der Waals surface area (Å²) in [5, 5.41) is 2.52. The van der Waals surface area contributed by atoms with Gasteiger partial charge in [0.2, 0.25) is 10.0 Å². The number of amides is 1. The summed E-state index contributed by atoms with van der Waals surface area (Å²) in [7, 11) is -1.43. The maximum atomic E-state index is 12.3. The number of ether oxygens (including phenoxy) is 2. The van der Waals surface area contributed by atoms with E-state index in [1.165, 1.54) is 32.4 Å². The Morgan fingerprint density at radius 1 is 1.48 bits per heavy atom. The molecule has 8 nitrogen and oxygen atoms in total. The molecule has 1 aromatic rings. The van der Waals surface area contributed by atoms with Gasteiger partial charge in [-0.05, 0) is 18.2 Å². The van der Waals surface area contributed by atoms with Crippen molar-refractivity contribution >= 4 is 27.6 Å². The summed E-state index contributed by atoms with van der Waals surface area (Å²) in [5.74, 6) is -0.639. The van der Waals surface area contributed by atoms with Gasteiger partial charge in [-0.15, -0.1) is 0 Å². The van der Waals surface area contributed by atoms with Crippen LogP contribution in [0.4, 0.5) is 5.69 Å². The van der Waals surface area contributed by atoms with E-state index in [2.05, 4.69) is 10.1 Å². The fraction of sp³-hybridized carbons (Fsp3) is 0.333. The Kier molecular flexibility index (Phi) is 4.14. The first kappa shape index (κ1) is 15.3. The molecule has 1 aliphatic rings. The number of anilines is 1. The van der Waals surface area contributed by atoms with Crippen LogP contribution < -0.4 is 10.1 Å². The van der Waals surface area contributed by atoms with Crippen LogP contribution in [-0.2, 0) is 24.3 Å². The zero-order valence-corrected chi connectivity index (χ0v) is 12.3. The van der Waals surface area contributed by atoms with Crippen LogP contribution in [0.25, 0.3) is 0 Å². The van der Waals surface area contributed by atoms with Crippen LogP contribution in [0.5, 0.6) is 5.75 Å². The van der Waals surface area contributed by atoms with Gasteiger partial charge >= 0.3 is 5.97 Å². The summed E-state index contributed by atoms with van der Waals surface area (Å²) in [6.45, 7) is -0.514. The fourth-order valence-corrected chi connectivity index (χ4v) is 2.88. The van der Waals surface area contributed by atoms with E-state index in [-0.39, 0.29) is 23.1 Å². The van der Waals surface area contributed by atoms with Crippen molar-refractivity contribution in [3.8, 4) is 5.75 Å². The van der Waals surface area contributed by atoms with Crippen LogP contribution in [0.1, 0.15) is 0 Å². The average Bonchev–Trinajstić information content (AvgIpc) is 2.46. The van der Waals surface area contributed by atoms with Crippen molar-refractivity contribution < 1.29 is 27.5 Å². The summed E-state index contributed by atoms with van der Waals surface area (Å²) >= 11 is 0. The molecule has 1 aromatic carbocycles. The topological polar surface area (TPSA) is 102 Å². The number of likely N-dealkylation sites (N-methyl/N-ethyl adjacent to an activating group) is 1. The first-order valence-corrected chi connectivity index (χ1v) is 7.38. The van der Waals surface area contributed by atoms with E-state index >= 15 is 0 Å². The molecule has 0 aliphatic carbocycles. The number of hydrogen-bond acceptors (Lipinski definition) is 6. The fourth-order valence-electron chi connectivity index (χ4n) is 1.73. The molecular weight excluding hydrogens is 300 g/mol. The number of carbonyl (C=O) groups is 2. The van der Waals surface area contributed by atoms with Crippen LogP contribution in [-0.4, -0.2) is 51.9 Å². The highest BCUT2D eigenvalue weighted by molar-refractivity contribution is 7.89. The Hall–Kier alpha value is -2.13. The quantitative estimate of drug-likeness (QED) is 0.773. The second-order valence-corrected chi connectivity index (χ2v) is 6.38. The standard InChI is InChI=1S/C12H14N2O6S/c1-14(6-12(16)19-2)21(17,18)8-3-4-10-9(5-8)13-11(15)7-20-10/h3-5H,6-7H2,1-2H3,(H,13,15). The van der Waals surface area contributed by atoms with Crippen LogP contribution in [0.3, 0.4) is 0 Å². The Morgan fingerprint density at radius 3 is 2.86 bits per heavy atom. The molecule has 1 N–H and O–H groups in total. The normalized spacial score (nSPS) is 14.1. The second kappa shape index (κ2) is 5.70. The first-order valence-electron chi connectivity index (χ1n) is 5.94. The van der Waals surface area contributed by atoms with Crippen molar-refractivity contribution in [1.29, 1.82) is 0 Å². The predicted molar refractivity (Wildman–Crippen MR) is 72.4 cm³/mol. The predicted octanol–water partition coefficient (Wildman–Crippen LogP) is -0.189. The zero-order chi connectivity index (χ0) is 15.6. The average molecular weight is 314 g/mol. The number of rotatable bonds is 4. The minimum absolute atomic E-state index is 0.0570. The maximum Gasteiger partial charge on any atom is 0.321 e. The molecule has 21 heavy (non-hydrogen) atoms. The number of fused-ring (bicyclic) bond motifs is 1. The van der Waals surface area contributed by atoms with Crippen molar-refractivity contribution in [2.75, 3.05) is 32.6 Å². The van der Waals surface area contributed by atoms with Crippen molar-refractivity contribution in [3.05, 3.63) is 18.2 Å². The minimum atomic E-state index is -3.87. The Labute approximate surface area is 121 Å². The molecule has 1 aliphatic heterocycles. The molecule has 0 saturated carbocycles. The number of methoxy groups -OCH3 is 1. The third-order valence-corrected chi connectivity index (χ3v) is 4.67. The number of esters is 1. The smallest absolute Gasteiger partial charge is 0.321 e. The summed E-state index contributed by atoms with van der Waals surface area (Å²) < 4.78 is 35.1. The van der Waals surface area contributed by atoms with Crippen molar-refractivity contribution in [2.45, 2.75) is 4.90 Å². The van der Waals surface area contributed by atoms with Crippen molar-refractivity contribution in [2.24, 2.45) is 0 Å². The molecule has 0 unspecified atom stereocenters. The van der Waals surface area contributed by atoms with Gasteiger partial charge in [-0.25, -0.2) is 8.42 Å². The Bertz CT molecular complexity index is 685. The first-order chi connectivity index (χ1) is 9.84. The van der Waals surface area contributed by atoms with Gasteiger partial charge in [-0.1, -0.05) is 0 Å². The van der Waals surface area contributed by atoms with Gasteiger partial charge < -0.3 is 14.8 Å². The van der Waals surface area contributed by atoms with E-state index in [1.807, 2.05) is 0 Å². The van der Waals surface area contributed by atoms with Gasteiger partial charge in [0.25, 0.3) is 5.91 Å². The molecule has 1 heterocycles. The van der Waals surface area contributed by atoms with E-state index in [0.717, 1.165) is 4.31 Å². The van der Waals surface area contributed by atoms with Crippen molar-refractivity contribution in [3.63, 3.8) is 0 Å². The lowest BCUT2D eigenvalue weighted by Crippen LogP contribution is -2.33. The van der Waals surface area contributed by atoms with Gasteiger partial charge in [0.1, 0.15) is 12.3 Å². The van der Waals surface area contributed by atoms with E-state index in [4.69, 9.17) is 4.74 Å². The molecule has 0 aromatic heterocycles. The second-order valence-electron chi connectivity index (χ2n) is 4.33. The minimum Gasteiger partial charge on any atom is -0.482 e. The SMILES string of the molecule is COC(=O)CN(C)S(=O)(=O)c1ccc2c(c1)NC(=O)CO2. The lowest BCUT2D eigenvalue weighted by molar-refractivity contribution is -0.140. The van der Waals surface area contributed by atoms with Crippen molar-refractivity contribution in [1.82, 2.24) is 4.31 Å². The number of nitrogens with zero attached hydrogens (tertiary/aromatic N) is 1. The molecule has 0 atom stereocenters. The molecular formula is C12H14N2O6S. The molecule has 114 valence electrons. The zero-order valence-electron chi connectivity index (χ0n) is 11.5. The third kappa shape index (κ3) is 3.14. The summed E-state index contributed by atoms with van der Waals surface area (Å²) in [4.78, 5) is 22.4. The van der Waals surface area contributed by atoms with E-state index in [1.54, 1.807) is 0 Å². The molecule has 1 amide bonds. The summed E-state index contributed by atoms with van der Waals surface area (Å²) in [6, 6.07) is 4.09. The van der Waals surface area contributed by atoms with Crippen LogP contribution in [0, 0.1) is 0 Å². The molecule has 9 heteroatoms. The highest BCUT2D eigenvalue weighted by Crippen LogP contribution is 2.30. The summed E-state index contributed by atoms with van der Waals surface area (Å²) in [5.41, 5.74) is 0.277. The highest BCUT2D eigenvalue weighted by atomic mass is 32.2. The third-order valence-electron chi connectivity index (χ3n) is 2.87. The molecule has 2 rings (SSSR count). The number of benzene rings is 1. The monoisotopic (exact) mass is 314 g/mol. The number of carbonyl (C=O) groups excluding carboxylic acids is 2. The van der Waals surface area contributed by atoms with E-state index in [9.17, 15) is 18.0 Å². The lowest BCUT2D eigenvalue weighted by atomic mass is 10.2. The summed E-state index contributed by atoms with van der Waals surface area (Å²) in [6.07, 6.45) is 0. The molecule has 0 saturated heterocycles. The number of sulfonamides is 1. The lowest BCUT2D eigenvalue weighted by Gasteiger charge is -2.20. The Morgan fingerprint density at radius 2 is 2.19 bits per heavy atom. The van der Waals surface area contributed by atoms with E-state index in [0.29, 0.717) is 5.75 Å². The number of nitrogens with one attached hydrogen (secondary N) is 1. The Balaban J connectivity index is 2.30. The highest BCUT2D eigenvalue weighted by Gasteiger charge is 2.25. The van der Waals surface area contributed by atoms with Crippen LogP contribution in [0.2, 0.25) is 0 Å².